The minimum Gasteiger partial charge on any atom is -0.497 e. The molecule has 0 unspecified atom stereocenters. The van der Waals surface area contributed by atoms with E-state index in [-0.39, 0.29) is 18.6 Å². The quantitative estimate of drug-likeness (QED) is 0.622. The summed E-state index contributed by atoms with van der Waals surface area (Å²) in [6.45, 7) is 0.295. The number of β-lactam (4-membered cyclic amide) rings is 1. The molecule has 1 fully saturated rings. The first-order chi connectivity index (χ1) is 12.2. The average Bonchev–Trinajstić information content (AvgIpc) is 2.66. The summed E-state index contributed by atoms with van der Waals surface area (Å²) in [7, 11) is 1.60. The van der Waals surface area contributed by atoms with Crippen molar-refractivity contribution in [3.8, 4) is 5.75 Å². The summed E-state index contributed by atoms with van der Waals surface area (Å²) in [6.07, 6.45) is 2.89. The van der Waals surface area contributed by atoms with Crippen molar-refractivity contribution in [1.82, 2.24) is 0 Å². The van der Waals surface area contributed by atoms with Gasteiger partial charge >= 0.3 is 0 Å². The van der Waals surface area contributed by atoms with Gasteiger partial charge in [0.1, 0.15) is 5.75 Å². The molecule has 2 atom stereocenters. The number of carbonyl (C=O) groups is 1. The van der Waals surface area contributed by atoms with Gasteiger partial charge < -0.3 is 19.5 Å². The zero-order valence-corrected chi connectivity index (χ0v) is 14.0. The number of rotatable bonds is 7. The van der Waals surface area contributed by atoms with E-state index >= 15 is 0 Å². The van der Waals surface area contributed by atoms with E-state index in [4.69, 9.17) is 14.6 Å². The SMILES string of the molecule is COc1ccc(N2C(=O)[C@H](OCc3ccccc3)[C@@H]2/C=C/CO)cc1. The number of anilines is 1. The lowest BCUT2D eigenvalue weighted by atomic mass is 9.95. The van der Waals surface area contributed by atoms with Gasteiger partial charge in [-0.3, -0.25) is 4.79 Å². The van der Waals surface area contributed by atoms with Crippen molar-refractivity contribution >= 4 is 11.6 Å². The zero-order valence-electron chi connectivity index (χ0n) is 14.0. The number of carbonyl (C=O) groups excluding carboxylic acids is 1. The van der Waals surface area contributed by atoms with Crippen LogP contribution in [0, 0.1) is 0 Å². The Balaban J connectivity index is 1.73. The smallest absolute Gasteiger partial charge is 0.259 e. The number of nitrogens with zero attached hydrogens (tertiary/aromatic N) is 1. The molecule has 0 aromatic heterocycles. The van der Waals surface area contributed by atoms with Crippen molar-refractivity contribution in [1.29, 1.82) is 0 Å². The molecule has 130 valence electrons. The monoisotopic (exact) mass is 339 g/mol. The molecule has 0 saturated carbocycles. The summed E-state index contributed by atoms with van der Waals surface area (Å²) in [6, 6.07) is 16.8. The minimum absolute atomic E-state index is 0.0768. The van der Waals surface area contributed by atoms with E-state index in [9.17, 15) is 4.79 Å². The topological polar surface area (TPSA) is 59.0 Å². The van der Waals surface area contributed by atoms with Gasteiger partial charge in [-0.25, -0.2) is 0 Å². The van der Waals surface area contributed by atoms with Gasteiger partial charge in [0.15, 0.2) is 6.10 Å². The number of aliphatic hydroxyl groups is 1. The van der Waals surface area contributed by atoms with Gasteiger partial charge in [0, 0.05) is 5.69 Å². The number of benzene rings is 2. The molecular weight excluding hydrogens is 318 g/mol. The maximum Gasteiger partial charge on any atom is 0.259 e. The molecule has 0 bridgehead atoms. The fourth-order valence-electron chi connectivity index (χ4n) is 2.84. The summed E-state index contributed by atoms with van der Waals surface area (Å²) in [5.41, 5.74) is 1.79. The Labute approximate surface area is 147 Å². The highest BCUT2D eigenvalue weighted by molar-refractivity contribution is 6.05. The largest absolute Gasteiger partial charge is 0.497 e. The van der Waals surface area contributed by atoms with Crippen LogP contribution in [0.3, 0.4) is 0 Å². The Morgan fingerprint density at radius 2 is 1.84 bits per heavy atom. The Bertz CT molecular complexity index is 727. The van der Waals surface area contributed by atoms with Crippen LogP contribution in [0.1, 0.15) is 5.56 Å². The number of aliphatic hydroxyl groups excluding tert-OH is 1. The first-order valence-electron chi connectivity index (χ1n) is 8.15. The van der Waals surface area contributed by atoms with E-state index in [0.717, 1.165) is 17.0 Å². The molecule has 1 amide bonds. The van der Waals surface area contributed by atoms with Gasteiger partial charge in [-0.2, -0.15) is 0 Å². The third kappa shape index (κ3) is 3.73. The van der Waals surface area contributed by atoms with Crippen LogP contribution in [0.25, 0.3) is 0 Å². The lowest BCUT2D eigenvalue weighted by Gasteiger charge is -2.45. The lowest BCUT2D eigenvalue weighted by Crippen LogP contribution is -2.65. The average molecular weight is 339 g/mol. The van der Waals surface area contributed by atoms with Gasteiger partial charge in [-0.15, -0.1) is 0 Å². The van der Waals surface area contributed by atoms with Gasteiger partial charge in [0.25, 0.3) is 5.91 Å². The molecule has 1 heterocycles. The molecule has 0 spiro atoms. The number of methoxy groups -OCH3 is 1. The van der Waals surface area contributed by atoms with Crippen molar-refractivity contribution in [3.63, 3.8) is 0 Å². The van der Waals surface area contributed by atoms with Crippen molar-refractivity contribution in [2.24, 2.45) is 0 Å². The van der Waals surface area contributed by atoms with E-state index in [1.54, 1.807) is 24.2 Å². The van der Waals surface area contributed by atoms with Gasteiger partial charge in [-0.1, -0.05) is 42.5 Å². The van der Waals surface area contributed by atoms with Crippen molar-refractivity contribution in [3.05, 3.63) is 72.3 Å². The Morgan fingerprint density at radius 3 is 2.48 bits per heavy atom. The molecule has 1 aliphatic heterocycles. The molecule has 1 saturated heterocycles. The van der Waals surface area contributed by atoms with Crippen LogP contribution in [0.15, 0.2) is 66.7 Å². The Hall–Kier alpha value is -2.63. The Kier molecular flexibility index (Phi) is 5.48. The lowest BCUT2D eigenvalue weighted by molar-refractivity contribution is -0.141. The van der Waals surface area contributed by atoms with Gasteiger partial charge in [0.2, 0.25) is 0 Å². The van der Waals surface area contributed by atoms with Gasteiger partial charge in [-0.05, 0) is 29.8 Å². The molecule has 0 radical (unpaired) electrons. The van der Waals surface area contributed by atoms with E-state index in [1.807, 2.05) is 54.6 Å². The highest BCUT2D eigenvalue weighted by Gasteiger charge is 2.47. The fourth-order valence-corrected chi connectivity index (χ4v) is 2.84. The Morgan fingerprint density at radius 1 is 1.12 bits per heavy atom. The fraction of sp³-hybridized carbons (Fsp3) is 0.250. The predicted octanol–water partition coefficient (Wildman–Crippen LogP) is 2.54. The first-order valence-corrected chi connectivity index (χ1v) is 8.15. The third-order valence-corrected chi connectivity index (χ3v) is 4.15. The maximum absolute atomic E-state index is 12.6. The van der Waals surface area contributed by atoms with E-state index in [1.165, 1.54) is 0 Å². The normalized spacial score (nSPS) is 19.9. The molecule has 5 heteroatoms. The van der Waals surface area contributed by atoms with Crippen molar-refractivity contribution in [2.75, 3.05) is 18.6 Å². The molecule has 3 rings (SSSR count). The van der Waals surface area contributed by atoms with Crippen LogP contribution in [-0.2, 0) is 16.1 Å². The molecule has 25 heavy (non-hydrogen) atoms. The molecule has 2 aromatic carbocycles. The summed E-state index contributed by atoms with van der Waals surface area (Å²) in [5, 5.41) is 9.07. The number of ether oxygens (including phenoxy) is 2. The van der Waals surface area contributed by atoms with Crippen LogP contribution >= 0.6 is 0 Å². The van der Waals surface area contributed by atoms with Crippen molar-refractivity contribution < 1.29 is 19.4 Å². The standard InChI is InChI=1S/C20H21NO4/c1-24-17-11-9-16(10-12-17)21-18(8-5-13-22)19(20(21)23)25-14-15-6-3-2-4-7-15/h2-12,18-19,22H,13-14H2,1H3/b8-5+/t18-,19+/m0/s1. The van der Waals surface area contributed by atoms with Crippen LogP contribution in [-0.4, -0.2) is 36.9 Å². The highest BCUT2D eigenvalue weighted by Crippen LogP contribution is 2.32. The van der Waals surface area contributed by atoms with Crippen LogP contribution in [0.5, 0.6) is 5.75 Å². The van der Waals surface area contributed by atoms with E-state index in [2.05, 4.69) is 0 Å². The molecule has 0 aliphatic carbocycles. The van der Waals surface area contributed by atoms with Crippen LogP contribution < -0.4 is 9.64 Å². The number of amides is 1. The molecular formula is C20H21NO4. The van der Waals surface area contributed by atoms with Gasteiger partial charge in [0.05, 0.1) is 26.4 Å². The molecule has 5 nitrogen and oxygen atoms in total. The third-order valence-electron chi connectivity index (χ3n) is 4.15. The molecule has 1 N–H and O–H groups in total. The second-order valence-corrected chi connectivity index (χ2v) is 5.72. The molecule has 2 aromatic rings. The van der Waals surface area contributed by atoms with E-state index < -0.39 is 6.10 Å². The predicted molar refractivity (Wildman–Crippen MR) is 95.5 cm³/mol. The highest BCUT2D eigenvalue weighted by atomic mass is 16.5. The number of hydrogen-bond acceptors (Lipinski definition) is 4. The minimum atomic E-state index is -0.551. The second-order valence-electron chi connectivity index (χ2n) is 5.72. The zero-order chi connectivity index (χ0) is 17.6. The summed E-state index contributed by atoms with van der Waals surface area (Å²) < 4.78 is 11.0. The van der Waals surface area contributed by atoms with Crippen LogP contribution in [0.2, 0.25) is 0 Å². The number of hydrogen-bond donors (Lipinski definition) is 1. The summed E-state index contributed by atoms with van der Waals surface area (Å²) >= 11 is 0. The first kappa shape index (κ1) is 17.2. The van der Waals surface area contributed by atoms with Crippen LogP contribution in [0.4, 0.5) is 5.69 Å². The van der Waals surface area contributed by atoms with E-state index in [0.29, 0.717) is 6.61 Å². The second kappa shape index (κ2) is 7.96. The van der Waals surface area contributed by atoms with Crippen molar-refractivity contribution in [2.45, 2.75) is 18.8 Å². The summed E-state index contributed by atoms with van der Waals surface area (Å²) in [4.78, 5) is 14.3. The molecule has 1 aliphatic rings. The summed E-state index contributed by atoms with van der Waals surface area (Å²) in [5.74, 6) is 0.643. The maximum atomic E-state index is 12.6.